The molecule has 1 atom stereocenters. The number of piperidine rings is 1. The Labute approximate surface area is 121 Å². The van der Waals surface area contributed by atoms with E-state index in [-0.39, 0.29) is 0 Å². The average molecular weight is 278 g/mol. The molecule has 5 heteroatoms. The van der Waals surface area contributed by atoms with Gasteiger partial charge in [0, 0.05) is 12.6 Å². The van der Waals surface area contributed by atoms with E-state index in [0.717, 1.165) is 25.3 Å². The number of ether oxygens (including phenoxy) is 1. The van der Waals surface area contributed by atoms with E-state index in [1.54, 1.807) is 0 Å². The lowest BCUT2D eigenvalue weighted by Gasteiger charge is -2.32. The van der Waals surface area contributed by atoms with E-state index in [1.165, 1.54) is 19.4 Å². The lowest BCUT2D eigenvalue weighted by atomic mass is 10.1. The Balaban J connectivity index is 1.98. The monoisotopic (exact) mass is 278 g/mol. The molecule has 0 saturated carbocycles. The third kappa shape index (κ3) is 4.00. The number of aromatic nitrogens is 1. The first-order valence-corrected chi connectivity index (χ1v) is 7.61. The zero-order valence-corrected chi connectivity index (χ0v) is 12.6. The number of hydrogen-bond donors (Lipinski definition) is 2. The van der Waals surface area contributed by atoms with E-state index >= 15 is 0 Å². The molecule has 0 aromatic carbocycles. The van der Waals surface area contributed by atoms with Crippen molar-refractivity contribution in [3.8, 4) is 5.88 Å². The van der Waals surface area contributed by atoms with Crippen molar-refractivity contribution in [3.63, 3.8) is 0 Å². The van der Waals surface area contributed by atoms with E-state index in [9.17, 15) is 0 Å². The van der Waals surface area contributed by atoms with Crippen LogP contribution in [-0.4, -0.2) is 42.2 Å². The van der Waals surface area contributed by atoms with E-state index < -0.39 is 0 Å². The maximum absolute atomic E-state index is 5.88. The van der Waals surface area contributed by atoms with Crippen molar-refractivity contribution in [2.24, 2.45) is 0 Å². The summed E-state index contributed by atoms with van der Waals surface area (Å²) >= 11 is 0. The molecular weight excluding hydrogens is 252 g/mol. The van der Waals surface area contributed by atoms with Gasteiger partial charge < -0.3 is 20.7 Å². The molecule has 2 heterocycles. The van der Waals surface area contributed by atoms with Gasteiger partial charge in [0.1, 0.15) is 5.82 Å². The molecule has 20 heavy (non-hydrogen) atoms. The fourth-order valence-electron chi connectivity index (χ4n) is 2.52. The Morgan fingerprint density at radius 3 is 3.05 bits per heavy atom. The smallest absolute Gasteiger partial charge is 0.239 e. The van der Waals surface area contributed by atoms with Crippen LogP contribution in [0.25, 0.3) is 0 Å². The summed E-state index contributed by atoms with van der Waals surface area (Å²) in [6.07, 6.45) is 3.38. The molecular formula is C15H26N4O. The minimum atomic E-state index is 0.457. The van der Waals surface area contributed by atoms with Gasteiger partial charge in [-0.3, -0.25) is 0 Å². The van der Waals surface area contributed by atoms with Crippen molar-refractivity contribution >= 4 is 11.5 Å². The lowest BCUT2D eigenvalue weighted by molar-refractivity contribution is 0.226. The van der Waals surface area contributed by atoms with Crippen LogP contribution in [0, 0.1) is 0 Å². The standard InChI is InChI=1S/C15H26N4O/c1-3-10-20-15-13(16)7-8-14(18-15)17-12-6-5-9-19(4-2)11-12/h7-8,12H,3-6,9-11,16H2,1-2H3,(H,17,18). The minimum absolute atomic E-state index is 0.457. The quantitative estimate of drug-likeness (QED) is 0.836. The van der Waals surface area contributed by atoms with E-state index in [0.29, 0.717) is 24.2 Å². The van der Waals surface area contributed by atoms with Crippen LogP contribution in [0.15, 0.2) is 12.1 Å². The van der Waals surface area contributed by atoms with Crippen LogP contribution >= 0.6 is 0 Å². The van der Waals surface area contributed by atoms with E-state index in [2.05, 4.69) is 29.0 Å². The number of likely N-dealkylation sites (tertiary alicyclic amines) is 1. The van der Waals surface area contributed by atoms with Crippen LogP contribution in [0.4, 0.5) is 11.5 Å². The summed E-state index contributed by atoms with van der Waals surface area (Å²) in [6, 6.07) is 4.25. The molecule has 2 rings (SSSR count). The van der Waals surface area contributed by atoms with Gasteiger partial charge in [-0.15, -0.1) is 0 Å². The van der Waals surface area contributed by atoms with Crippen molar-refractivity contribution in [2.75, 3.05) is 37.3 Å². The Morgan fingerprint density at radius 1 is 1.45 bits per heavy atom. The van der Waals surface area contributed by atoms with Gasteiger partial charge in [0.05, 0.1) is 12.3 Å². The molecule has 0 radical (unpaired) electrons. The number of hydrogen-bond acceptors (Lipinski definition) is 5. The van der Waals surface area contributed by atoms with Crippen molar-refractivity contribution in [1.29, 1.82) is 0 Å². The number of rotatable bonds is 6. The lowest BCUT2D eigenvalue weighted by Crippen LogP contribution is -2.41. The average Bonchev–Trinajstić information content (AvgIpc) is 2.48. The van der Waals surface area contributed by atoms with Crippen LogP contribution in [0.3, 0.4) is 0 Å². The molecule has 0 amide bonds. The molecule has 1 aromatic rings. The highest BCUT2D eigenvalue weighted by Crippen LogP contribution is 2.22. The van der Waals surface area contributed by atoms with Gasteiger partial charge in [0.2, 0.25) is 5.88 Å². The Morgan fingerprint density at radius 2 is 2.30 bits per heavy atom. The fourth-order valence-corrected chi connectivity index (χ4v) is 2.52. The molecule has 5 nitrogen and oxygen atoms in total. The SMILES string of the molecule is CCCOc1nc(NC2CCCN(CC)C2)ccc1N. The molecule has 1 aromatic heterocycles. The van der Waals surface area contributed by atoms with Gasteiger partial charge in [0.25, 0.3) is 0 Å². The summed E-state index contributed by atoms with van der Waals surface area (Å²) in [4.78, 5) is 6.94. The van der Waals surface area contributed by atoms with Crippen LogP contribution in [0.1, 0.15) is 33.1 Å². The first-order valence-electron chi connectivity index (χ1n) is 7.61. The second kappa shape index (κ2) is 7.33. The van der Waals surface area contributed by atoms with Crippen LogP contribution < -0.4 is 15.8 Å². The highest BCUT2D eigenvalue weighted by molar-refractivity contribution is 5.53. The summed E-state index contributed by atoms with van der Waals surface area (Å²) in [6.45, 7) is 8.31. The summed E-state index contributed by atoms with van der Waals surface area (Å²) in [5, 5.41) is 3.50. The van der Waals surface area contributed by atoms with Crippen LogP contribution in [-0.2, 0) is 0 Å². The molecule has 112 valence electrons. The summed E-state index contributed by atoms with van der Waals surface area (Å²) in [5.41, 5.74) is 6.48. The van der Waals surface area contributed by atoms with Crippen LogP contribution in [0.5, 0.6) is 5.88 Å². The number of nitrogens with two attached hydrogens (primary N) is 1. The molecule has 0 bridgehead atoms. The normalized spacial score (nSPS) is 19.8. The third-order valence-corrected chi connectivity index (χ3v) is 3.64. The number of nitrogens with one attached hydrogen (secondary N) is 1. The largest absolute Gasteiger partial charge is 0.476 e. The second-order valence-corrected chi connectivity index (χ2v) is 5.32. The van der Waals surface area contributed by atoms with E-state index in [4.69, 9.17) is 10.5 Å². The maximum Gasteiger partial charge on any atom is 0.239 e. The zero-order valence-electron chi connectivity index (χ0n) is 12.6. The molecule has 0 spiro atoms. The zero-order chi connectivity index (χ0) is 14.4. The summed E-state index contributed by atoms with van der Waals surface area (Å²) in [5.74, 6) is 1.40. The van der Waals surface area contributed by atoms with Crippen molar-refractivity contribution in [2.45, 2.75) is 39.2 Å². The molecule has 3 N–H and O–H groups in total. The predicted molar refractivity (Wildman–Crippen MR) is 83.2 cm³/mol. The summed E-state index contributed by atoms with van der Waals surface area (Å²) in [7, 11) is 0. The topological polar surface area (TPSA) is 63.4 Å². The van der Waals surface area contributed by atoms with Gasteiger partial charge in [-0.25, -0.2) is 0 Å². The predicted octanol–water partition coefficient (Wildman–Crippen LogP) is 2.35. The molecule has 1 aliphatic rings. The highest BCUT2D eigenvalue weighted by Gasteiger charge is 2.19. The Bertz CT molecular complexity index is 424. The molecule has 1 saturated heterocycles. The Hall–Kier alpha value is -1.49. The number of nitrogen functional groups attached to an aromatic ring is 1. The first-order chi connectivity index (χ1) is 9.72. The molecule has 1 fully saturated rings. The highest BCUT2D eigenvalue weighted by atomic mass is 16.5. The van der Waals surface area contributed by atoms with Gasteiger partial charge in [-0.05, 0) is 44.5 Å². The van der Waals surface area contributed by atoms with E-state index in [1.807, 2.05) is 12.1 Å². The molecule has 0 aliphatic carbocycles. The van der Waals surface area contributed by atoms with Crippen molar-refractivity contribution in [3.05, 3.63) is 12.1 Å². The number of anilines is 2. The molecule has 1 unspecified atom stereocenters. The number of nitrogens with zero attached hydrogens (tertiary/aromatic N) is 2. The number of pyridine rings is 1. The number of likely N-dealkylation sites (N-methyl/N-ethyl adjacent to an activating group) is 1. The Kier molecular flexibility index (Phi) is 5.47. The van der Waals surface area contributed by atoms with Gasteiger partial charge in [-0.2, -0.15) is 4.98 Å². The van der Waals surface area contributed by atoms with Crippen LogP contribution in [0.2, 0.25) is 0 Å². The van der Waals surface area contributed by atoms with Gasteiger partial charge in [-0.1, -0.05) is 13.8 Å². The third-order valence-electron chi connectivity index (χ3n) is 3.64. The van der Waals surface area contributed by atoms with Crippen molar-refractivity contribution < 1.29 is 4.74 Å². The van der Waals surface area contributed by atoms with Gasteiger partial charge in [0.15, 0.2) is 0 Å². The maximum atomic E-state index is 5.88. The van der Waals surface area contributed by atoms with Crippen molar-refractivity contribution in [1.82, 2.24) is 9.88 Å². The first kappa shape index (κ1) is 14.9. The molecule has 1 aliphatic heterocycles. The second-order valence-electron chi connectivity index (χ2n) is 5.32. The van der Waals surface area contributed by atoms with Gasteiger partial charge >= 0.3 is 0 Å². The minimum Gasteiger partial charge on any atom is -0.476 e. The fraction of sp³-hybridized carbons (Fsp3) is 0.667. The summed E-state index contributed by atoms with van der Waals surface area (Å²) < 4.78 is 5.57.